The first-order valence-corrected chi connectivity index (χ1v) is 10.7. The van der Waals surface area contributed by atoms with E-state index in [0.29, 0.717) is 16.8 Å². The van der Waals surface area contributed by atoms with E-state index >= 15 is 0 Å². The third-order valence-corrected chi connectivity index (χ3v) is 5.57. The van der Waals surface area contributed by atoms with Crippen LogP contribution in [0, 0.1) is 10.1 Å². The van der Waals surface area contributed by atoms with Crippen LogP contribution in [0.1, 0.15) is 34.5 Å². The van der Waals surface area contributed by atoms with Crippen LogP contribution in [0.15, 0.2) is 84.4 Å². The second-order valence-corrected chi connectivity index (χ2v) is 7.65. The molecule has 0 spiro atoms. The fourth-order valence-electron chi connectivity index (χ4n) is 3.92. The number of benzene rings is 3. The van der Waals surface area contributed by atoms with Gasteiger partial charge in [0.05, 0.1) is 28.7 Å². The first-order valence-electron chi connectivity index (χ1n) is 10.7. The van der Waals surface area contributed by atoms with Crippen molar-refractivity contribution in [3.8, 4) is 0 Å². The molecule has 9 heteroatoms. The van der Waals surface area contributed by atoms with Crippen LogP contribution in [0.2, 0.25) is 0 Å². The summed E-state index contributed by atoms with van der Waals surface area (Å²) in [6, 6.07) is 18.6. The smallest absolute Gasteiger partial charge is 0.338 e. The predicted octanol–water partition coefficient (Wildman–Crippen LogP) is 4.40. The van der Waals surface area contributed by atoms with Crippen molar-refractivity contribution < 1.29 is 29.2 Å². The second-order valence-electron chi connectivity index (χ2n) is 7.65. The Kier molecular flexibility index (Phi) is 6.41. The number of esters is 1. The number of ketones is 1. The first kappa shape index (κ1) is 23.4. The average Bonchev–Trinajstić information content (AvgIpc) is 3.14. The molecule has 1 amide bonds. The number of nitrogens with zero attached hydrogens (tertiary/aromatic N) is 2. The lowest BCUT2D eigenvalue weighted by Crippen LogP contribution is -2.29. The SMILES string of the molecule is CCOC(=O)c1ccc(N2C(=O)C(=O)C(=C(O)c3ccccc3)[C@H]2c2ccc([N+](=O)[O-])cc2)cc1. The summed E-state index contributed by atoms with van der Waals surface area (Å²) >= 11 is 0. The quantitative estimate of drug-likeness (QED) is 0.141. The molecule has 1 saturated heterocycles. The van der Waals surface area contributed by atoms with Gasteiger partial charge in [-0.3, -0.25) is 24.6 Å². The Morgan fingerprint density at radius 3 is 2.17 bits per heavy atom. The lowest BCUT2D eigenvalue weighted by molar-refractivity contribution is -0.384. The number of hydrogen-bond acceptors (Lipinski definition) is 7. The molecule has 0 aromatic heterocycles. The lowest BCUT2D eigenvalue weighted by atomic mass is 9.95. The highest BCUT2D eigenvalue weighted by Crippen LogP contribution is 2.42. The number of carbonyl (C=O) groups excluding carboxylic acids is 3. The molecular formula is C26H20N2O7. The molecule has 1 heterocycles. The Morgan fingerprint density at radius 1 is 0.971 bits per heavy atom. The molecule has 0 bridgehead atoms. The van der Waals surface area contributed by atoms with Crippen LogP contribution in [-0.4, -0.2) is 34.3 Å². The Morgan fingerprint density at radius 2 is 1.60 bits per heavy atom. The number of rotatable bonds is 6. The van der Waals surface area contributed by atoms with E-state index in [-0.39, 0.29) is 29.2 Å². The van der Waals surface area contributed by atoms with Crippen molar-refractivity contribution in [3.05, 3.63) is 111 Å². The number of carbonyl (C=O) groups is 3. The zero-order valence-corrected chi connectivity index (χ0v) is 18.6. The van der Waals surface area contributed by atoms with Gasteiger partial charge >= 0.3 is 5.97 Å². The van der Waals surface area contributed by atoms with E-state index in [1.807, 2.05) is 0 Å². The van der Waals surface area contributed by atoms with Crippen molar-refractivity contribution in [1.29, 1.82) is 0 Å². The highest BCUT2D eigenvalue weighted by atomic mass is 16.6. The summed E-state index contributed by atoms with van der Waals surface area (Å²) in [5, 5.41) is 22.1. The number of non-ortho nitro benzene ring substituents is 1. The summed E-state index contributed by atoms with van der Waals surface area (Å²) in [6.45, 7) is 1.89. The minimum absolute atomic E-state index is 0.149. The Balaban J connectivity index is 1.86. The number of anilines is 1. The van der Waals surface area contributed by atoms with E-state index in [4.69, 9.17) is 4.74 Å². The molecule has 1 atom stereocenters. The van der Waals surface area contributed by atoms with Crippen molar-refractivity contribution >= 4 is 34.8 Å². The fraction of sp³-hybridized carbons (Fsp3) is 0.115. The van der Waals surface area contributed by atoms with Crippen LogP contribution < -0.4 is 4.90 Å². The van der Waals surface area contributed by atoms with Crippen LogP contribution in [0.25, 0.3) is 5.76 Å². The molecule has 1 aliphatic rings. The van der Waals surface area contributed by atoms with Gasteiger partial charge in [-0.1, -0.05) is 30.3 Å². The summed E-state index contributed by atoms with van der Waals surface area (Å²) in [4.78, 5) is 50.1. The Labute approximate surface area is 200 Å². The summed E-state index contributed by atoms with van der Waals surface area (Å²) < 4.78 is 4.98. The summed E-state index contributed by atoms with van der Waals surface area (Å²) in [5.74, 6) is -2.67. The average molecular weight is 472 g/mol. The van der Waals surface area contributed by atoms with E-state index in [0.717, 1.165) is 0 Å². The number of nitro groups is 1. The zero-order valence-electron chi connectivity index (χ0n) is 18.6. The molecule has 1 N–H and O–H groups in total. The number of amides is 1. The standard InChI is InChI=1S/C26H20N2O7/c1-2-35-26(32)18-10-12-19(13-11-18)27-22(16-8-14-20(15-9-16)28(33)34)21(24(30)25(27)31)23(29)17-6-4-3-5-7-17/h3-15,22,29H,2H2,1H3/t22-/m1/s1. The lowest BCUT2D eigenvalue weighted by Gasteiger charge is -2.25. The molecular weight excluding hydrogens is 452 g/mol. The summed E-state index contributed by atoms with van der Waals surface area (Å²) in [7, 11) is 0. The number of Topliss-reactive ketones (excluding diaryl/α,β-unsaturated/α-hetero) is 1. The van der Waals surface area contributed by atoms with Gasteiger partial charge in [-0.05, 0) is 48.9 Å². The largest absolute Gasteiger partial charge is 0.507 e. The minimum atomic E-state index is -1.05. The maximum atomic E-state index is 13.2. The minimum Gasteiger partial charge on any atom is -0.507 e. The molecule has 3 aromatic rings. The topological polar surface area (TPSA) is 127 Å². The van der Waals surface area contributed by atoms with Gasteiger partial charge in [-0.2, -0.15) is 0 Å². The summed E-state index contributed by atoms with van der Waals surface area (Å²) in [5.41, 5.74) is 0.993. The molecule has 0 radical (unpaired) electrons. The van der Waals surface area contributed by atoms with Crippen LogP contribution in [-0.2, 0) is 14.3 Å². The van der Waals surface area contributed by atoms with Gasteiger partial charge in [0.15, 0.2) is 0 Å². The molecule has 9 nitrogen and oxygen atoms in total. The molecule has 3 aromatic carbocycles. The van der Waals surface area contributed by atoms with E-state index in [1.165, 1.54) is 53.4 Å². The monoisotopic (exact) mass is 472 g/mol. The van der Waals surface area contributed by atoms with Gasteiger partial charge in [-0.25, -0.2) is 4.79 Å². The maximum absolute atomic E-state index is 13.2. The van der Waals surface area contributed by atoms with Crippen LogP contribution in [0.3, 0.4) is 0 Å². The second kappa shape index (κ2) is 9.60. The first-order chi connectivity index (χ1) is 16.8. The van der Waals surface area contributed by atoms with Crippen LogP contribution in [0.4, 0.5) is 11.4 Å². The van der Waals surface area contributed by atoms with Crippen molar-refractivity contribution in [2.24, 2.45) is 0 Å². The third-order valence-electron chi connectivity index (χ3n) is 5.57. The molecule has 35 heavy (non-hydrogen) atoms. The van der Waals surface area contributed by atoms with E-state index in [2.05, 4.69) is 0 Å². The van der Waals surface area contributed by atoms with Gasteiger partial charge in [0.1, 0.15) is 5.76 Å². The maximum Gasteiger partial charge on any atom is 0.338 e. The number of hydrogen-bond donors (Lipinski definition) is 1. The highest BCUT2D eigenvalue weighted by Gasteiger charge is 2.47. The predicted molar refractivity (Wildman–Crippen MR) is 127 cm³/mol. The van der Waals surface area contributed by atoms with Crippen molar-refractivity contribution in [2.45, 2.75) is 13.0 Å². The normalized spacial score (nSPS) is 16.8. The van der Waals surface area contributed by atoms with Gasteiger partial charge in [0.25, 0.3) is 17.4 Å². The summed E-state index contributed by atoms with van der Waals surface area (Å²) in [6.07, 6.45) is 0. The molecule has 0 unspecified atom stereocenters. The molecule has 1 aliphatic heterocycles. The molecule has 0 saturated carbocycles. The zero-order chi connectivity index (χ0) is 25.1. The van der Waals surface area contributed by atoms with E-state index in [1.54, 1.807) is 37.3 Å². The molecule has 0 aliphatic carbocycles. The molecule has 1 fully saturated rings. The Hall–Kier alpha value is -4.79. The van der Waals surface area contributed by atoms with Crippen molar-refractivity contribution in [2.75, 3.05) is 11.5 Å². The number of aliphatic hydroxyl groups excluding tert-OH is 1. The van der Waals surface area contributed by atoms with Gasteiger partial charge in [-0.15, -0.1) is 0 Å². The molecule has 4 rings (SSSR count). The van der Waals surface area contributed by atoms with Crippen LogP contribution in [0.5, 0.6) is 0 Å². The fourth-order valence-corrected chi connectivity index (χ4v) is 3.92. The van der Waals surface area contributed by atoms with Crippen LogP contribution >= 0.6 is 0 Å². The van der Waals surface area contributed by atoms with Gasteiger partial charge < -0.3 is 9.84 Å². The number of ether oxygens (including phenoxy) is 1. The van der Waals surface area contributed by atoms with Gasteiger partial charge in [0.2, 0.25) is 0 Å². The van der Waals surface area contributed by atoms with Crippen molar-refractivity contribution in [3.63, 3.8) is 0 Å². The van der Waals surface area contributed by atoms with E-state index < -0.39 is 28.6 Å². The van der Waals surface area contributed by atoms with Crippen molar-refractivity contribution in [1.82, 2.24) is 0 Å². The molecule has 176 valence electrons. The van der Waals surface area contributed by atoms with E-state index in [9.17, 15) is 29.6 Å². The third kappa shape index (κ3) is 4.39. The number of nitro benzene ring substituents is 1. The van der Waals surface area contributed by atoms with Gasteiger partial charge in [0, 0.05) is 23.4 Å². The highest BCUT2D eigenvalue weighted by molar-refractivity contribution is 6.51. The number of aliphatic hydroxyl groups is 1. The Bertz CT molecular complexity index is 1330.